The van der Waals surface area contributed by atoms with Gasteiger partial charge in [0, 0.05) is 24.0 Å². The molecule has 0 unspecified atom stereocenters. The molecule has 0 N–H and O–H groups in total. The molecular formula is C17H19N5OS. The van der Waals surface area contributed by atoms with Crippen LogP contribution in [-0.4, -0.2) is 36.9 Å². The minimum atomic E-state index is -0.0425. The summed E-state index contributed by atoms with van der Waals surface area (Å²) in [6, 6.07) is 5.77. The number of thiazole rings is 1. The van der Waals surface area contributed by atoms with Crippen molar-refractivity contribution in [2.75, 3.05) is 6.54 Å². The highest BCUT2D eigenvalue weighted by Gasteiger charge is 2.34. The number of hydrogen-bond acceptors (Lipinski definition) is 5. The monoisotopic (exact) mass is 341 g/mol. The molecule has 1 amide bonds. The Hall–Kier alpha value is -2.28. The lowest BCUT2D eigenvalue weighted by molar-refractivity contribution is 0.0724. The lowest BCUT2D eigenvalue weighted by Crippen LogP contribution is -2.31. The zero-order valence-corrected chi connectivity index (χ0v) is 14.5. The summed E-state index contributed by atoms with van der Waals surface area (Å²) >= 11 is 1.55. The first kappa shape index (κ1) is 15.3. The van der Waals surface area contributed by atoms with E-state index in [4.69, 9.17) is 0 Å². The minimum Gasteiger partial charge on any atom is -0.327 e. The SMILES string of the molecule is CC(C)c1nc(C(=O)N2CCC[C@H]2c2nnc3ccccn23)cs1. The molecule has 1 aliphatic rings. The van der Waals surface area contributed by atoms with Gasteiger partial charge in [-0.1, -0.05) is 19.9 Å². The van der Waals surface area contributed by atoms with Crippen LogP contribution in [0.2, 0.25) is 0 Å². The van der Waals surface area contributed by atoms with E-state index in [1.54, 1.807) is 11.3 Å². The summed E-state index contributed by atoms with van der Waals surface area (Å²) in [5.74, 6) is 1.16. The van der Waals surface area contributed by atoms with E-state index < -0.39 is 0 Å². The maximum absolute atomic E-state index is 12.9. The Balaban J connectivity index is 1.66. The van der Waals surface area contributed by atoms with E-state index in [0.29, 0.717) is 11.6 Å². The van der Waals surface area contributed by atoms with Crippen LogP contribution in [0.4, 0.5) is 0 Å². The summed E-state index contributed by atoms with van der Waals surface area (Å²) in [5.41, 5.74) is 1.35. The molecular weight excluding hydrogens is 322 g/mol. The summed E-state index contributed by atoms with van der Waals surface area (Å²) in [4.78, 5) is 19.3. The average molecular weight is 341 g/mol. The summed E-state index contributed by atoms with van der Waals surface area (Å²) in [6.07, 6.45) is 3.83. The normalized spacial score (nSPS) is 18.0. The maximum atomic E-state index is 12.9. The number of likely N-dealkylation sites (tertiary alicyclic amines) is 1. The molecule has 0 saturated carbocycles. The molecule has 0 bridgehead atoms. The number of rotatable bonds is 3. The lowest BCUT2D eigenvalue weighted by Gasteiger charge is -2.22. The molecule has 0 aliphatic carbocycles. The third-order valence-corrected chi connectivity index (χ3v) is 5.53. The third kappa shape index (κ3) is 2.49. The van der Waals surface area contributed by atoms with Crippen molar-refractivity contribution in [2.45, 2.75) is 38.6 Å². The molecule has 1 fully saturated rings. The lowest BCUT2D eigenvalue weighted by atomic mass is 10.2. The number of pyridine rings is 1. The predicted octanol–water partition coefficient (Wildman–Crippen LogP) is 3.29. The Morgan fingerprint density at radius 3 is 3.00 bits per heavy atom. The Kier molecular flexibility index (Phi) is 3.80. The van der Waals surface area contributed by atoms with Crippen molar-refractivity contribution in [2.24, 2.45) is 0 Å². The Labute approximate surface area is 144 Å². The zero-order valence-electron chi connectivity index (χ0n) is 13.7. The molecule has 7 heteroatoms. The number of carbonyl (C=O) groups is 1. The number of amides is 1. The molecule has 4 heterocycles. The van der Waals surface area contributed by atoms with Crippen LogP contribution in [0.15, 0.2) is 29.8 Å². The Morgan fingerprint density at radius 2 is 2.21 bits per heavy atom. The van der Waals surface area contributed by atoms with Gasteiger partial charge < -0.3 is 4.90 Å². The van der Waals surface area contributed by atoms with Crippen LogP contribution in [0.3, 0.4) is 0 Å². The summed E-state index contributed by atoms with van der Waals surface area (Å²) in [5, 5.41) is 11.4. The van der Waals surface area contributed by atoms with E-state index in [1.807, 2.05) is 39.1 Å². The summed E-state index contributed by atoms with van der Waals surface area (Å²) < 4.78 is 1.97. The molecule has 3 aromatic heterocycles. The predicted molar refractivity (Wildman–Crippen MR) is 92.2 cm³/mol. The molecule has 1 saturated heterocycles. The van der Waals surface area contributed by atoms with Crippen LogP contribution in [0.5, 0.6) is 0 Å². The van der Waals surface area contributed by atoms with E-state index in [-0.39, 0.29) is 11.9 Å². The number of aromatic nitrogens is 4. The Bertz CT molecular complexity index is 884. The van der Waals surface area contributed by atoms with Crippen molar-refractivity contribution in [3.05, 3.63) is 46.3 Å². The van der Waals surface area contributed by atoms with E-state index >= 15 is 0 Å². The van der Waals surface area contributed by atoms with Crippen LogP contribution < -0.4 is 0 Å². The first-order valence-corrected chi connectivity index (χ1v) is 9.09. The van der Waals surface area contributed by atoms with Gasteiger partial charge in [-0.2, -0.15) is 0 Å². The molecule has 0 aromatic carbocycles. The number of nitrogens with zero attached hydrogens (tertiary/aromatic N) is 5. The standard InChI is InChI=1S/C17H19N5OS/c1-11(2)16-18-12(10-24-16)17(23)21-9-5-6-13(21)15-20-19-14-7-3-4-8-22(14)15/h3-4,7-8,10-11,13H,5-6,9H2,1-2H3/t13-/m0/s1. The fourth-order valence-corrected chi connectivity index (χ4v) is 3.97. The molecule has 1 aliphatic heterocycles. The maximum Gasteiger partial charge on any atom is 0.273 e. The van der Waals surface area contributed by atoms with Crippen molar-refractivity contribution in [3.63, 3.8) is 0 Å². The molecule has 1 atom stereocenters. The molecule has 3 aromatic rings. The second-order valence-corrected chi connectivity index (χ2v) is 7.26. The van der Waals surface area contributed by atoms with Gasteiger partial charge in [0.25, 0.3) is 5.91 Å². The minimum absolute atomic E-state index is 0.00617. The summed E-state index contributed by atoms with van der Waals surface area (Å²) in [7, 11) is 0. The number of fused-ring (bicyclic) bond motifs is 1. The van der Waals surface area contributed by atoms with Gasteiger partial charge in [-0.05, 0) is 25.0 Å². The van der Waals surface area contributed by atoms with Crippen molar-refractivity contribution in [1.29, 1.82) is 0 Å². The molecule has 4 rings (SSSR count). The van der Waals surface area contributed by atoms with Crippen LogP contribution in [0, 0.1) is 0 Å². The largest absolute Gasteiger partial charge is 0.327 e. The fraction of sp³-hybridized carbons (Fsp3) is 0.412. The second kappa shape index (κ2) is 5.98. The first-order valence-electron chi connectivity index (χ1n) is 8.21. The molecule has 0 spiro atoms. The smallest absolute Gasteiger partial charge is 0.273 e. The van der Waals surface area contributed by atoms with Gasteiger partial charge in [0.1, 0.15) is 5.69 Å². The average Bonchev–Trinajstić information content (AvgIpc) is 3.31. The fourth-order valence-electron chi connectivity index (χ4n) is 3.16. The quantitative estimate of drug-likeness (QED) is 0.733. The highest BCUT2D eigenvalue weighted by molar-refractivity contribution is 7.09. The number of carbonyl (C=O) groups excluding carboxylic acids is 1. The van der Waals surface area contributed by atoms with Gasteiger partial charge in [-0.3, -0.25) is 9.20 Å². The first-order chi connectivity index (χ1) is 11.6. The topological polar surface area (TPSA) is 63.4 Å². The van der Waals surface area contributed by atoms with Crippen LogP contribution in [0.1, 0.15) is 60.0 Å². The van der Waals surface area contributed by atoms with Gasteiger partial charge in [0.2, 0.25) is 0 Å². The molecule has 6 nitrogen and oxygen atoms in total. The second-order valence-electron chi connectivity index (χ2n) is 6.37. The molecule has 24 heavy (non-hydrogen) atoms. The van der Waals surface area contributed by atoms with Gasteiger partial charge in [-0.25, -0.2) is 4.98 Å². The van der Waals surface area contributed by atoms with E-state index in [1.165, 1.54) is 0 Å². The van der Waals surface area contributed by atoms with Crippen molar-refractivity contribution >= 4 is 22.9 Å². The summed E-state index contributed by atoms with van der Waals surface area (Å²) in [6.45, 7) is 4.92. The van der Waals surface area contributed by atoms with E-state index in [0.717, 1.165) is 35.9 Å². The van der Waals surface area contributed by atoms with Gasteiger partial charge in [-0.15, -0.1) is 21.5 Å². The third-order valence-electron chi connectivity index (χ3n) is 4.39. The van der Waals surface area contributed by atoms with E-state index in [2.05, 4.69) is 29.0 Å². The van der Waals surface area contributed by atoms with Crippen LogP contribution >= 0.6 is 11.3 Å². The zero-order chi connectivity index (χ0) is 16.7. The van der Waals surface area contributed by atoms with Gasteiger partial charge in [0.15, 0.2) is 11.5 Å². The van der Waals surface area contributed by atoms with Gasteiger partial charge >= 0.3 is 0 Å². The number of hydrogen-bond donors (Lipinski definition) is 0. The highest BCUT2D eigenvalue weighted by Crippen LogP contribution is 2.32. The van der Waals surface area contributed by atoms with Crippen molar-refractivity contribution < 1.29 is 4.79 Å². The van der Waals surface area contributed by atoms with Crippen LogP contribution in [-0.2, 0) is 0 Å². The molecule has 124 valence electrons. The highest BCUT2D eigenvalue weighted by atomic mass is 32.1. The Morgan fingerprint density at radius 1 is 1.33 bits per heavy atom. The van der Waals surface area contributed by atoms with Crippen molar-refractivity contribution in [3.8, 4) is 0 Å². The van der Waals surface area contributed by atoms with Crippen LogP contribution in [0.25, 0.3) is 5.65 Å². The van der Waals surface area contributed by atoms with Crippen molar-refractivity contribution in [1.82, 2.24) is 24.5 Å². The van der Waals surface area contributed by atoms with E-state index in [9.17, 15) is 4.79 Å². The molecule has 0 radical (unpaired) electrons. The van der Waals surface area contributed by atoms with Gasteiger partial charge in [0.05, 0.1) is 11.0 Å².